The van der Waals surface area contributed by atoms with E-state index in [1.165, 1.54) is 0 Å². The van der Waals surface area contributed by atoms with Crippen molar-refractivity contribution in [3.05, 3.63) is 83.0 Å². The zero-order chi connectivity index (χ0) is 16.0. The van der Waals surface area contributed by atoms with Gasteiger partial charge < -0.3 is 0 Å². The van der Waals surface area contributed by atoms with Crippen LogP contribution in [0.2, 0.25) is 0 Å². The maximum atomic E-state index is 13.1. The first kappa shape index (κ1) is 14.5. The van der Waals surface area contributed by atoms with Gasteiger partial charge in [-0.25, -0.2) is 0 Å². The molecule has 114 valence electrons. The number of hydrogen-bond donors (Lipinski definition) is 0. The van der Waals surface area contributed by atoms with Gasteiger partial charge in [-0.3, -0.25) is 9.36 Å². The Labute approximate surface area is 143 Å². The molecule has 0 unspecified atom stereocenters. The van der Waals surface area contributed by atoms with E-state index in [0.717, 1.165) is 26.6 Å². The average Bonchev–Trinajstić information content (AvgIpc) is 3.05. The van der Waals surface area contributed by atoms with E-state index in [4.69, 9.17) is 0 Å². The molecule has 1 aliphatic heterocycles. The summed E-state index contributed by atoms with van der Waals surface area (Å²) in [6.07, 6.45) is 2.63. The Morgan fingerprint density at radius 2 is 1.87 bits per heavy atom. The molecule has 0 saturated carbocycles. The third-order valence-corrected chi connectivity index (χ3v) is 5.48. The highest BCUT2D eigenvalue weighted by Gasteiger charge is 2.39. The van der Waals surface area contributed by atoms with Crippen LogP contribution in [0.5, 0.6) is 0 Å². The first-order chi connectivity index (χ1) is 11.2. The summed E-state index contributed by atoms with van der Waals surface area (Å²) >= 11 is 3.59. The molecule has 2 nitrogen and oxygen atoms in total. The van der Waals surface area contributed by atoms with Crippen molar-refractivity contribution in [2.45, 2.75) is 12.3 Å². The van der Waals surface area contributed by atoms with Crippen LogP contribution < -0.4 is 0 Å². The van der Waals surface area contributed by atoms with Crippen LogP contribution in [0.1, 0.15) is 22.0 Å². The van der Waals surface area contributed by atoms with Gasteiger partial charge in [0, 0.05) is 21.5 Å². The fraction of sp³-hybridized carbons (Fsp3) is 0.150. The molecule has 0 amide bonds. The maximum absolute atomic E-state index is 13.1. The van der Waals surface area contributed by atoms with E-state index in [9.17, 15) is 4.79 Å². The van der Waals surface area contributed by atoms with Crippen LogP contribution in [0.3, 0.4) is 0 Å². The van der Waals surface area contributed by atoms with Gasteiger partial charge >= 0.3 is 0 Å². The molecule has 2 heterocycles. The fourth-order valence-corrected chi connectivity index (χ4v) is 4.04. The van der Waals surface area contributed by atoms with Crippen LogP contribution in [-0.2, 0) is 6.42 Å². The van der Waals surface area contributed by atoms with Crippen molar-refractivity contribution in [1.82, 2.24) is 4.57 Å². The van der Waals surface area contributed by atoms with Gasteiger partial charge in [0.05, 0.1) is 11.4 Å². The summed E-state index contributed by atoms with van der Waals surface area (Å²) in [6, 6.07) is 18.3. The van der Waals surface area contributed by atoms with E-state index in [1.54, 1.807) is 0 Å². The number of rotatable bonds is 3. The molecule has 1 aromatic heterocycles. The van der Waals surface area contributed by atoms with Crippen molar-refractivity contribution in [3.8, 4) is 0 Å². The predicted octanol–water partition coefficient (Wildman–Crippen LogP) is 5.19. The topological polar surface area (TPSA) is 22.0 Å². The highest BCUT2D eigenvalue weighted by Crippen LogP contribution is 2.40. The van der Waals surface area contributed by atoms with Gasteiger partial charge in [-0.2, -0.15) is 0 Å². The summed E-state index contributed by atoms with van der Waals surface area (Å²) in [5.41, 5.74) is 3.21. The molecule has 3 heteroatoms. The van der Waals surface area contributed by atoms with Gasteiger partial charge in [-0.05, 0) is 30.2 Å². The molecule has 0 fully saturated rings. The SMILES string of the molecule is C=C[C@@H]1c2cc3ccccc3n2C(=O)[C@H]1Cc1ccccc1Br. The Balaban J connectivity index is 1.79. The molecular weight excluding hydrogens is 350 g/mol. The first-order valence-electron chi connectivity index (χ1n) is 7.71. The molecule has 0 bridgehead atoms. The Morgan fingerprint density at radius 3 is 2.65 bits per heavy atom. The number of carbonyl (C=O) groups excluding carboxylic acids is 1. The summed E-state index contributed by atoms with van der Waals surface area (Å²) in [4.78, 5) is 13.1. The van der Waals surface area contributed by atoms with E-state index in [0.29, 0.717) is 6.42 Å². The van der Waals surface area contributed by atoms with Crippen LogP contribution in [0.4, 0.5) is 0 Å². The van der Waals surface area contributed by atoms with Gasteiger partial charge in [0.2, 0.25) is 5.91 Å². The quantitative estimate of drug-likeness (QED) is 0.585. The first-order valence-corrected chi connectivity index (χ1v) is 8.50. The fourth-order valence-electron chi connectivity index (χ4n) is 3.59. The molecule has 0 radical (unpaired) electrons. The molecule has 0 saturated heterocycles. The van der Waals surface area contributed by atoms with E-state index < -0.39 is 0 Å². The molecule has 4 rings (SSSR count). The standard InChI is InChI=1S/C20H16BrNO/c1-2-15-16(11-13-7-3-5-9-17(13)21)20(23)22-18-10-6-4-8-14(18)12-19(15)22/h2-10,12,15-16H,1,11H2/t15-,16-/m0/s1. The number of halogens is 1. The Morgan fingerprint density at radius 1 is 1.13 bits per heavy atom. The second kappa shape index (κ2) is 5.50. The lowest BCUT2D eigenvalue weighted by Gasteiger charge is -2.15. The Kier molecular flexibility index (Phi) is 3.46. The van der Waals surface area contributed by atoms with Crippen molar-refractivity contribution in [2.24, 2.45) is 5.92 Å². The summed E-state index contributed by atoms with van der Waals surface area (Å²) < 4.78 is 2.93. The highest BCUT2D eigenvalue weighted by atomic mass is 79.9. The van der Waals surface area contributed by atoms with Crippen LogP contribution in [0, 0.1) is 5.92 Å². The van der Waals surface area contributed by atoms with Crippen molar-refractivity contribution in [2.75, 3.05) is 0 Å². The van der Waals surface area contributed by atoms with Crippen molar-refractivity contribution >= 4 is 32.7 Å². The predicted molar refractivity (Wildman–Crippen MR) is 96.8 cm³/mol. The minimum Gasteiger partial charge on any atom is -0.283 e. The molecular formula is C20H16BrNO. The molecule has 0 N–H and O–H groups in total. The van der Waals surface area contributed by atoms with Gasteiger partial charge in [-0.15, -0.1) is 6.58 Å². The monoisotopic (exact) mass is 365 g/mol. The lowest BCUT2D eigenvalue weighted by molar-refractivity contribution is 0.0863. The molecule has 3 aromatic rings. The normalized spacial score (nSPS) is 20.0. The second-order valence-electron chi connectivity index (χ2n) is 5.97. The number of nitrogens with zero attached hydrogens (tertiary/aromatic N) is 1. The second-order valence-corrected chi connectivity index (χ2v) is 6.82. The third kappa shape index (κ3) is 2.19. The van der Waals surface area contributed by atoms with Gasteiger partial charge in [-0.1, -0.05) is 58.4 Å². The maximum Gasteiger partial charge on any atom is 0.235 e. The minimum atomic E-state index is -0.0918. The van der Waals surface area contributed by atoms with Crippen molar-refractivity contribution in [1.29, 1.82) is 0 Å². The Bertz CT molecular complexity index is 924. The highest BCUT2D eigenvalue weighted by molar-refractivity contribution is 9.10. The summed E-state index contributed by atoms with van der Waals surface area (Å²) in [6.45, 7) is 3.98. The van der Waals surface area contributed by atoms with Crippen LogP contribution in [-0.4, -0.2) is 10.5 Å². The van der Waals surface area contributed by atoms with Crippen LogP contribution >= 0.6 is 15.9 Å². The number of benzene rings is 2. The number of allylic oxidation sites excluding steroid dienone is 1. The molecule has 2 aromatic carbocycles. The number of aromatic nitrogens is 1. The zero-order valence-electron chi connectivity index (χ0n) is 12.6. The van der Waals surface area contributed by atoms with Gasteiger partial charge in [0.15, 0.2) is 0 Å². The van der Waals surface area contributed by atoms with E-state index in [2.05, 4.69) is 40.7 Å². The molecule has 1 aliphatic rings. The number of fused-ring (bicyclic) bond motifs is 3. The molecule has 0 aliphatic carbocycles. The Hall–Kier alpha value is -2.13. The third-order valence-electron chi connectivity index (χ3n) is 4.70. The zero-order valence-corrected chi connectivity index (χ0v) is 14.2. The number of para-hydroxylation sites is 1. The average molecular weight is 366 g/mol. The van der Waals surface area contributed by atoms with Crippen LogP contribution in [0.15, 0.2) is 71.7 Å². The summed E-state index contributed by atoms with van der Waals surface area (Å²) in [5, 5.41) is 1.11. The summed E-state index contributed by atoms with van der Waals surface area (Å²) in [7, 11) is 0. The van der Waals surface area contributed by atoms with Crippen LogP contribution in [0.25, 0.3) is 10.9 Å². The van der Waals surface area contributed by atoms with E-state index >= 15 is 0 Å². The number of hydrogen-bond acceptors (Lipinski definition) is 1. The molecule has 2 atom stereocenters. The van der Waals surface area contributed by atoms with Crippen molar-refractivity contribution < 1.29 is 4.79 Å². The minimum absolute atomic E-state index is 0.0574. The lowest BCUT2D eigenvalue weighted by atomic mass is 9.87. The largest absolute Gasteiger partial charge is 0.283 e. The van der Waals surface area contributed by atoms with Gasteiger partial charge in [0.1, 0.15) is 0 Å². The summed E-state index contributed by atoms with van der Waals surface area (Å²) in [5.74, 6) is 0.134. The smallest absolute Gasteiger partial charge is 0.235 e. The van der Waals surface area contributed by atoms with E-state index in [-0.39, 0.29) is 17.7 Å². The molecule has 23 heavy (non-hydrogen) atoms. The van der Waals surface area contributed by atoms with Gasteiger partial charge in [0.25, 0.3) is 0 Å². The van der Waals surface area contributed by atoms with E-state index in [1.807, 2.05) is 47.0 Å². The van der Waals surface area contributed by atoms with Crippen molar-refractivity contribution in [3.63, 3.8) is 0 Å². The molecule has 0 spiro atoms. The number of carbonyl (C=O) groups is 1. The lowest BCUT2D eigenvalue weighted by Crippen LogP contribution is -2.19.